The van der Waals surface area contributed by atoms with Gasteiger partial charge < -0.3 is 0 Å². The van der Waals surface area contributed by atoms with E-state index in [1.807, 2.05) is 6.92 Å². The number of piperidine rings is 1. The first-order valence-corrected chi connectivity index (χ1v) is 9.91. The molecule has 1 fully saturated rings. The molecule has 5 heteroatoms. The van der Waals surface area contributed by atoms with Crippen molar-refractivity contribution >= 4 is 10.0 Å². The first kappa shape index (κ1) is 16.0. The van der Waals surface area contributed by atoms with Crippen LogP contribution in [0, 0.1) is 0 Å². The standard InChI is InChI=1S/C17H26N2O2S/c1-3-12-22(20,21)18(2)15-9-11-19-10-8-14-6-4-5-7-16(14)17(19)13-15/h4-7,15,17H,3,8-13H2,1-2H3/t15-,17+/m1/s1. The molecule has 0 aromatic heterocycles. The fraction of sp³-hybridized carbons (Fsp3) is 0.647. The van der Waals surface area contributed by atoms with Crippen LogP contribution in [0.1, 0.15) is 43.4 Å². The van der Waals surface area contributed by atoms with Gasteiger partial charge >= 0.3 is 0 Å². The van der Waals surface area contributed by atoms with E-state index in [0.29, 0.717) is 12.5 Å². The molecule has 1 aromatic carbocycles. The second-order valence-electron chi connectivity index (χ2n) is 6.51. The van der Waals surface area contributed by atoms with E-state index in [4.69, 9.17) is 0 Å². The highest BCUT2D eigenvalue weighted by atomic mass is 32.2. The Bertz CT molecular complexity index is 629. The highest BCUT2D eigenvalue weighted by Crippen LogP contribution is 2.38. The normalized spacial score (nSPS) is 25.8. The van der Waals surface area contributed by atoms with E-state index < -0.39 is 10.0 Å². The van der Waals surface area contributed by atoms with Gasteiger partial charge in [-0.15, -0.1) is 0 Å². The van der Waals surface area contributed by atoms with E-state index in [1.165, 1.54) is 11.1 Å². The van der Waals surface area contributed by atoms with Crippen molar-refractivity contribution < 1.29 is 8.42 Å². The molecule has 122 valence electrons. The molecule has 0 amide bonds. The smallest absolute Gasteiger partial charge is 0.214 e. The van der Waals surface area contributed by atoms with Crippen LogP contribution in [0.4, 0.5) is 0 Å². The fourth-order valence-electron chi connectivity index (χ4n) is 3.90. The van der Waals surface area contributed by atoms with Crippen molar-refractivity contribution in [3.8, 4) is 0 Å². The highest BCUT2D eigenvalue weighted by Gasteiger charge is 2.37. The Hall–Kier alpha value is -0.910. The first-order valence-electron chi connectivity index (χ1n) is 8.30. The highest BCUT2D eigenvalue weighted by molar-refractivity contribution is 7.89. The summed E-state index contributed by atoms with van der Waals surface area (Å²) in [5.74, 6) is 0.255. The van der Waals surface area contributed by atoms with E-state index >= 15 is 0 Å². The lowest BCUT2D eigenvalue weighted by Gasteiger charge is -2.45. The second kappa shape index (κ2) is 6.30. The number of sulfonamides is 1. The van der Waals surface area contributed by atoms with Crippen molar-refractivity contribution in [2.75, 3.05) is 25.9 Å². The predicted molar refractivity (Wildman–Crippen MR) is 89.3 cm³/mol. The lowest BCUT2D eigenvalue weighted by molar-refractivity contribution is 0.0969. The molecule has 0 radical (unpaired) electrons. The molecule has 2 aliphatic heterocycles. The molecule has 2 heterocycles. The minimum atomic E-state index is -3.11. The largest absolute Gasteiger partial charge is 0.296 e. The van der Waals surface area contributed by atoms with Gasteiger partial charge in [-0.25, -0.2) is 12.7 Å². The molecule has 1 aromatic rings. The summed E-state index contributed by atoms with van der Waals surface area (Å²) >= 11 is 0. The second-order valence-corrected chi connectivity index (χ2v) is 8.66. The van der Waals surface area contributed by atoms with Crippen molar-refractivity contribution in [2.24, 2.45) is 0 Å². The minimum Gasteiger partial charge on any atom is -0.296 e. The zero-order valence-electron chi connectivity index (χ0n) is 13.5. The summed E-state index contributed by atoms with van der Waals surface area (Å²) in [6.07, 6.45) is 3.65. The number of nitrogens with zero attached hydrogens (tertiary/aromatic N) is 2. The van der Waals surface area contributed by atoms with Gasteiger partial charge in [-0.3, -0.25) is 4.90 Å². The van der Waals surface area contributed by atoms with Crippen LogP contribution in [0.2, 0.25) is 0 Å². The molecule has 0 spiro atoms. The maximum atomic E-state index is 12.3. The van der Waals surface area contributed by atoms with Gasteiger partial charge in [0.05, 0.1) is 5.75 Å². The molecule has 0 unspecified atom stereocenters. The molecule has 0 saturated carbocycles. The van der Waals surface area contributed by atoms with E-state index in [9.17, 15) is 8.42 Å². The summed E-state index contributed by atoms with van der Waals surface area (Å²) in [4.78, 5) is 2.53. The average molecular weight is 322 g/mol. The third-order valence-electron chi connectivity index (χ3n) is 5.18. The average Bonchev–Trinajstić information content (AvgIpc) is 2.53. The van der Waals surface area contributed by atoms with E-state index in [0.717, 1.165) is 32.4 Å². The van der Waals surface area contributed by atoms with Gasteiger partial charge in [0.2, 0.25) is 10.0 Å². The van der Waals surface area contributed by atoms with Crippen LogP contribution < -0.4 is 0 Å². The summed E-state index contributed by atoms with van der Waals surface area (Å²) < 4.78 is 26.3. The Labute approximate surface area is 134 Å². The van der Waals surface area contributed by atoms with Gasteiger partial charge in [0.25, 0.3) is 0 Å². The van der Waals surface area contributed by atoms with E-state index in [2.05, 4.69) is 29.2 Å². The Morgan fingerprint density at radius 1 is 1.27 bits per heavy atom. The lowest BCUT2D eigenvalue weighted by atomic mass is 9.85. The van der Waals surface area contributed by atoms with Gasteiger partial charge in [0, 0.05) is 32.2 Å². The third kappa shape index (κ3) is 2.94. The van der Waals surface area contributed by atoms with Gasteiger partial charge in [-0.1, -0.05) is 31.2 Å². The summed E-state index contributed by atoms with van der Waals surface area (Å²) in [6.45, 7) is 4.01. The number of hydrogen-bond donors (Lipinski definition) is 0. The fourth-order valence-corrected chi connectivity index (χ4v) is 5.35. The number of rotatable bonds is 4. The molecular formula is C17H26N2O2S. The zero-order valence-corrected chi connectivity index (χ0v) is 14.3. The monoisotopic (exact) mass is 322 g/mol. The van der Waals surface area contributed by atoms with Crippen LogP contribution in [-0.4, -0.2) is 49.6 Å². The van der Waals surface area contributed by atoms with Crippen molar-refractivity contribution in [1.82, 2.24) is 9.21 Å². The SMILES string of the molecule is CCCS(=O)(=O)N(C)[C@@H]1CCN2CCc3ccccc3[C@@H]2C1. The summed E-state index contributed by atoms with van der Waals surface area (Å²) in [6, 6.07) is 9.14. The topological polar surface area (TPSA) is 40.6 Å². The summed E-state index contributed by atoms with van der Waals surface area (Å²) in [5, 5.41) is 0. The molecule has 0 aliphatic carbocycles. The van der Waals surface area contributed by atoms with Crippen LogP contribution in [0.5, 0.6) is 0 Å². The van der Waals surface area contributed by atoms with Crippen molar-refractivity contribution in [2.45, 2.75) is 44.7 Å². The molecule has 4 nitrogen and oxygen atoms in total. The minimum absolute atomic E-state index is 0.129. The van der Waals surface area contributed by atoms with Crippen LogP contribution in [0.15, 0.2) is 24.3 Å². The Balaban J connectivity index is 1.80. The molecule has 2 aliphatic rings. The third-order valence-corrected chi connectivity index (χ3v) is 7.28. The van der Waals surface area contributed by atoms with E-state index in [-0.39, 0.29) is 11.8 Å². The van der Waals surface area contributed by atoms with Gasteiger partial charge in [-0.2, -0.15) is 0 Å². The Morgan fingerprint density at radius 2 is 2.05 bits per heavy atom. The van der Waals surface area contributed by atoms with E-state index in [1.54, 1.807) is 11.4 Å². The number of fused-ring (bicyclic) bond motifs is 3. The summed E-state index contributed by atoms with van der Waals surface area (Å²) in [5.41, 5.74) is 2.84. The van der Waals surface area contributed by atoms with Crippen LogP contribution in [0.3, 0.4) is 0 Å². The Kier molecular flexibility index (Phi) is 4.57. The molecule has 1 saturated heterocycles. The maximum Gasteiger partial charge on any atom is 0.214 e. The van der Waals surface area contributed by atoms with Crippen LogP contribution in [0.25, 0.3) is 0 Å². The molecule has 0 N–H and O–H groups in total. The number of hydrogen-bond acceptors (Lipinski definition) is 3. The molecule has 0 bridgehead atoms. The molecular weight excluding hydrogens is 296 g/mol. The van der Waals surface area contributed by atoms with Crippen molar-refractivity contribution in [1.29, 1.82) is 0 Å². The Morgan fingerprint density at radius 3 is 2.82 bits per heavy atom. The van der Waals surface area contributed by atoms with Crippen LogP contribution in [-0.2, 0) is 16.4 Å². The summed E-state index contributed by atoms with van der Waals surface area (Å²) in [7, 11) is -1.35. The van der Waals surface area contributed by atoms with Crippen molar-refractivity contribution in [3.05, 3.63) is 35.4 Å². The van der Waals surface area contributed by atoms with Gasteiger partial charge in [-0.05, 0) is 36.8 Å². The predicted octanol–water partition coefficient (Wildman–Crippen LogP) is 2.42. The lowest BCUT2D eigenvalue weighted by Crippen LogP contribution is -2.49. The quantitative estimate of drug-likeness (QED) is 0.855. The number of benzene rings is 1. The zero-order chi connectivity index (χ0) is 15.7. The molecule has 3 rings (SSSR count). The van der Waals surface area contributed by atoms with Crippen molar-refractivity contribution in [3.63, 3.8) is 0 Å². The van der Waals surface area contributed by atoms with Gasteiger partial charge in [0.15, 0.2) is 0 Å². The molecule has 2 atom stereocenters. The van der Waals surface area contributed by atoms with Crippen LogP contribution >= 0.6 is 0 Å². The molecule has 22 heavy (non-hydrogen) atoms. The maximum absolute atomic E-state index is 12.3. The first-order chi connectivity index (χ1) is 10.5. The van der Waals surface area contributed by atoms with Gasteiger partial charge in [0.1, 0.15) is 0 Å².